The monoisotopic (exact) mass is 309 g/mol. The number of likely N-dealkylation sites (tertiary alicyclic amines) is 1. The molecular weight excluding hydrogens is 290 g/mol. The number of amides is 1. The number of aromatic amines is 1. The van der Waals surface area contributed by atoms with Gasteiger partial charge in [-0.3, -0.25) is 14.3 Å². The second kappa shape index (κ2) is 5.22. The Kier molecular flexibility index (Phi) is 3.18. The summed E-state index contributed by atoms with van der Waals surface area (Å²) in [4.78, 5) is 19.4. The van der Waals surface area contributed by atoms with Gasteiger partial charge in [-0.05, 0) is 38.8 Å². The first-order chi connectivity index (χ1) is 11.2. The van der Waals surface area contributed by atoms with Crippen LogP contribution in [0.3, 0.4) is 0 Å². The zero-order valence-corrected chi connectivity index (χ0v) is 13.3. The van der Waals surface area contributed by atoms with Crippen molar-refractivity contribution < 1.29 is 4.79 Å². The van der Waals surface area contributed by atoms with E-state index in [0.29, 0.717) is 5.69 Å². The van der Waals surface area contributed by atoms with Gasteiger partial charge in [-0.1, -0.05) is 6.07 Å². The lowest BCUT2D eigenvalue weighted by Gasteiger charge is -2.25. The van der Waals surface area contributed by atoms with E-state index in [2.05, 4.69) is 15.2 Å². The first-order valence-electron chi connectivity index (χ1n) is 7.91. The van der Waals surface area contributed by atoms with Crippen LogP contribution < -0.4 is 0 Å². The van der Waals surface area contributed by atoms with E-state index in [0.717, 1.165) is 42.0 Å². The predicted molar refractivity (Wildman–Crippen MR) is 86.3 cm³/mol. The number of aromatic nitrogens is 4. The number of aryl methyl sites for hydroxylation is 2. The molecule has 3 aromatic heterocycles. The fraction of sp³-hybridized carbons (Fsp3) is 0.353. The highest BCUT2D eigenvalue weighted by atomic mass is 16.2. The maximum absolute atomic E-state index is 13.1. The average molecular weight is 309 g/mol. The number of carbonyl (C=O) groups is 1. The van der Waals surface area contributed by atoms with E-state index in [-0.39, 0.29) is 11.9 Å². The van der Waals surface area contributed by atoms with Crippen LogP contribution in [0, 0.1) is 13.8 Å². The molecule has 1 unspecified atom stereocenters. The Hall–Kier alpha value is -2.63. The minimum absolute atomic E-state index is 0.0335. The topological polar surface area (TPSA) is 66.3 Å². The molecule has 1 aliphatic rings. The Morgan fingerprint density at radius 3 is 3.00 bits per heavy atom. The summed E-state index contributed by atoms with van der Waals surface area (Å²) in [6.45, 7) is 4.78. The third-order valence-electron chi connectivity index (χ3n) is 4.67. The van der Waals surface area contributed by atoms with Crippen LogP contribution >= 0.6 is 0 Å². The lowest BCUT2D eigenvalue weighted by molar-refractivity contribution is 0.0728. The molecular formula is C17H19N5O. The Bertz CT molecular complexity index is 859. The number of H-pyrrole nitrogens is 1. The first-order valence-corrected chi connectivity index (χ1v) is 7.91. The molecule has 0 aliphatic carbocycles. The van der Waals surface area contributed by atoms with E-state index in [9.17, 15) is 4.79 Å². The fourth-order valence-electron chi connectivity index (χ4n) is 3.60. The third kappa shape index (κ3) is 2.13. The molecule has 0 bridgehead atoms. The van der Waals surface area contributed by atoms with E-state index < -0.39 is 0 Å². The Morgan fingerprint density at radius 1 is 1.35 bits per heavy atom. The van der Waals surface area contributed by atoms with Crippen molar-refractivity contribution in [3.05, 3.63) is 53.2 Å². The smallest absolute Gasteiger partial charge is 0.273 e. The number of pyridine rings is 1. The van der Waals surface area contributed by atoms with Crippen LogP contribution in [0.25, 0.3) is 5.65 Å². The van der Waals surface area contributed by atoms with Crippen molar-refractivity contribution in [1.29, 1.82) is 0 Å². The fourth-order valence-corrected chi connectivity index (χ4v) is 3.60. The molecule has 1 N–H and O–H groups in total. The molecule has 1 amide bonds. The first kappa shape index (κ1) is 14.0. The number of hydrogen-bond donors (Lipinski definition) is 1. The predicted octanol–water partition coefficient (Wildman–Crippen LogP) is 2.65. The average Bonchev–Trinajstić information content (AvgIpc) is 3.25. The van der Waals surface area contributed by atoms with E-state index >= 15 is 0 Å². The normalized spacial score (nSPS) is 18.0. The van der Waals surface area contributed by atoms with Gasteiger partial charge in [0, 0.05) is 24.0 Å². The Labute approximate surface area is 134 Å². The van der Waals surface area contributed by atoms with Gasteiger partial charge in [0.2, 0.25) is 0 Å². The van der Waals surface area contributed by atoms with E-state index in [1.165, 1.54) is 0 Å². The summed E-state index contributed by atoms with van der Waals surface area (Å²) in [6, 6.07) is 5.84. The van der Waals surface area contributed by atoms with Gasteiger partial charge in [-0.2, -0.15) is 5.10 Å². The second-order valence-corrected chi connectivity index (χ2v) is 6.08. The minimum Gasteiger partial charge on any atom is -0.330 e. The van der Waals surface area contributed by atoms with Crippen LogP contribution in [0.1, 0.15) is 46.3 Å². The third-order valence-corrected chi connectivity index (χ3v) is 4.67. The highest BCUT2D eigenvalue weighted by Crippen LogP contribution is 2.35. The number of nitrogens with zero attached hydrogens (tertiary/aromatic N) is 4. The maximum Gasteiger partial charge on any atom is 0.273 e. The molecule has 6 nitrogen and oxygen atoms in total. The number of carbonyl (C=O) groups excluding carboxylic acids is 1. The van der Waals surface area contributed by atoms with Crippen LogP contribution in [-0.2, 0) is 0 Å². The van der Waals surface area contributed by atoms with Crippen molar-refractivity contribution in [2.75, 3.05) is 6.54 Å². The SMILES string of the molecule is Cc1n[nH]c(C)c1C1CCCN1C(=O)c1cnc2ccccn12. The van der Waals surface area contributed by atoms with Crippen molar-refractivity contribution in [2.45, 2.75) is 32.7 Å². The van der Waals surface area contributed by atoms with Crippen molar-refractivity contribution >= 4 is 11.6 Å². The zero-order valence-electron chi connectivity index (χ0n) is 13.3. The quantitative estimate of drug-likeness (QED) is 0.791. The molecule has 0 radical (unpaired) electrons. The molecule has 0 spiro atoms. The number of imidazole rings is 1. The van der Waals surface area contributed by atoms with Gasteiger partial charge in [0.15, 0.2) is 0 Å². The van der Waals surface area contributed by atoms with Crippen LogP contribution in [0.5, 0.6) is 0 Å². The summed E-state index contributed by atoms with van der Waals surface area (Å²) >= 11 is 0. The minimum atomic E-state index is 0.0335. The van der Waals surface area contributed by atoms with Crippen molar-refractivity contribution in [3.8, 4) is 0 Å². The molecule has 0 saturated carbocycles. The van der Waals surface area contributed by atoms with Gasteiger partial charge in [0.05, 0.1) is 17.9 Å². The lowest BCUT2D eigenvalue weighted by atomic mass is 10.0. The van der Waals surface area contributed by atoms with Crippen LogP contribution in [0.15, 0.2) is 30.6 Å². The van der Waals surface area contributed by atoms with Crippen LogP contribution in [0.2, 0.25) is 0 Å². The van der Waals surface area contributed by atoms with Gasteiger partial charge in [-0.25, -0.2) is 4.98 Å². The Morgan fingerprint density at radius 2 is 2.22 bits per heavy atom. The molecule has 0 aromatic carbocycles. The Balaban J connectivity index is 1.73. The van der Waals surface area contributed by atoms with E-state index in [4.69, 9.17) is 0 Å². The highest BCUT2D eigenvalue weighted by molar-refractivity contribution is 5.93. The van der Waals surface area contributed by atoms with Crippen molar-refractivity contribution in [3.63, 3.8) is 0 Å². The molecule has 4 heterocycles. The van der Waals surface area contributed by atoms with Crippen LogP contribution in [0.4, 0.5) is 0 Å². The second-order valence-electron chi connectivity index (χ2n) is 6.08. The number of hydrogen-bond acceptors (Lipinski definition) is 3. The molecule has 1 saturated heterocycles. The summed E-state index contributed by atoms with van der Waals surface area (Å²) in [5, 5.41) is 7.32. The lowest BCUT2D eigenvalue weighted by Crippen LogP contribution is -2.31. The number of rotatable bonds is 2. The molecule has 1 aliphatic heterocycles. The van der Waals surface area contributed by atoms with Crippen molar-refractivity contribution in [1.82, 2.24) is 24.5 Å². The summed E-state index contributed by atoms with van der Waals surface area (Å²) in [7, 11) is 0. The van der Waals surface area contributed by atoms with Gasteiger partial charge in [0.1, 0.15) is 11.3 Å². The summed E-state index contributed by atoms with van der Waals surface area (Å²) < 4.78 is 1.85. The molecule has 4 rings (SSSR count). The van der Waals surface area contributed by atoms with Crippen molar-refractivity contribution in [2.24, 2.45) is 0 Å². The maximum atomic E-state index is 13.1. The number of fused-ring (bicyclic) bond motifs is 1. The highest BCUT2D eigenvalue weighted by Gasteiger charge is 2.34. The molecule has 118 valence electrons. The van der Waals surface area contributed by atoms with Gasteiger partial charge in [-0.15, -0.1) is 0 Å². The molecule has 6 heteroatoms. The molecule has 3 aromatic rings. The van der Waals surface area contributed by atoms with E-state index in [1.807, 2.05) is 47.5 Å². The van der Waals surface area contributed by atoms with Gasteiger partial charge in [0.25, 0.3) is 5.91 Å². The zero-order chi connectivity index (χ0) is 16.0. The summed E-state index contributed by atoms with van der Waals surface area (Å²) in [6.07, 6.45) is 5.54. The molecule has 1 atom stereocenters. The molecule has 23 heavy (non-hydrogen) atoms. The largest absolute Gasteiger partial charge is 0.330 e. The molecule has 1 fully saturated rings. The van der Waals surface area contributed by atoms with Gasteiger partial charge >= 0.3 is 0 Å². The standard InChI is InChI=1S/C17H19N5O/c1-11-16(12(2)20-19-11)13-6-5-9-22(13)17(23)14-10-18-15-7-3-4-8-21(14)15/h3-4,7-8,10,13H,5-6,9H2,1-2H3,(H,19,20). The summed E-state index contributed by atoms with van der Waals surface area (Å²) in [5.74, 6) is 0.0335. The van der Waals surface area contributed by atoms with E-state index in [1.54, 1.807) is 6.20 Å². The summed E-state index contributed by atoms with van der Waals surface area (Å²) in [5.41, 5.74) is 4.59. The number of nitrogens with one attached hydrogen (secondary N) is 1. The van der Waals surface area contributed by atoms with Gasteiger partial charge < -0.3 is 4.90 Å². The van der Waals surface area contributed by atoms with Crippen LogP contribution in [-0.4, -0.2) is 36.9 Å².